The highest BCUT2D eigenvalue weighted by Gasteiger charge is 2.17. The fourth-order valence-corrected chi connectivity index (χ4v) is 3.26. The Bertz CT molecular complexity index is 701. The number of rotatable bonds is 3. The molecule has 0 saturated heterocycles. The number of ether oxygens (including phenoxy) is 1. The van der Waals surface area contributed by atoms with Crippen molar-refractivity contribution in [3.63, 3.8) is 0 Å². The molecule has 0 bridgehead atoms. The molecule has 0 aliphatic carbocycles. The van der Waals surface area contributed by atoms with E-state index in [0.29, 0.717) is 12.1 Å². The largest absolute Gasteiger partial charge is 0.497 e. The number of nitrogen functional groups attached to an aromatic ring is 1. The molecule has 21 heavy (non-hydrogen) atoms. The van der Waals surface area contributed by atoms with Crippen molar-refractivity contribution in [3.8, 4) is 5.75 Å². The van der Waals surface area contributed by atoms with E-state index < -0.39 is 0 Å². The third-order valence-corrected chi connectivity index (χ3v) is 4.46. The van der Waals surface area contributed by atoms with Gasteiger partial charge in [-0.15, -0.1) is 0 Å². The number of nitrogens with one attached hydrogen (secondary N) is 1. The summed E-state index contributed by atoms with van der Waals surface area (Å²) < 4.78 is 5.23. The van der Waals surface area contributed by atoms with Gasteiger partial charge in [-0.1, -0.05) is 17.8 Å². The smallest absolute Gasteiger partial charge is 0.224 e. The van der Waals surface area contributed by atoms with Crippen molar-refractivity contribution >= 4 is 29.0 Å². The molecule has 1 aliphatic rings. The Kier molecular flexibility index (Phi) is 3.75. The molecule has 1 heterocycles. The highest BCUT2D eigenvalue weighted by Crippen LogP contribution is 2.37. The number of carbonyl (C=O) groups is 1. The molecule has 4 nitrogen and oxygen atoms in total. The van der Waals surface area contributed by atoms with E-state index in [0.717, 1.165) is 33.2 Å². The van der Waals surface area contributed by atoms with Crippen LogP contribution < -0.4 is 15.8 Å². The van der Waals surface area contributed by atoms with Crippen LogP contribution >= 0.6 is 11.8 Å². The van der Waals surface area contributed by atoms with Gasteiger partial charge in [-0.25, -0.2) is 0 Å². The molecule has 3 N–H and O–H groups in total. The minimum absolute atomic E-state index is 0.0510. The van der Waals surface area contributed by atoms with Crippen molar-refractivity contribution in [1.82, 2.24) is 0 Å². The number of hydrogen-bond donors (Lipinski definition) is 2. The van der Waals surface area contributed by atoms with Crippen molar-refractivity contribution in [2.75, 3.05) is 18.2 Å². The molecule has 0 fully saturated rings. The molecule has 2 aromatic rings. The second kappa shape index (κ2) is 5.69. The molecule has 0 aromatic heterocycles. The van der Waals surface area contributed by atoms with Gasteiger partial charge in [0, 0.05) is 27.6 Å². The summed E-state index contributed by atoms with van der Waals surface area (Å²) in [7, 11) is 1.65. The van der Waals surface area contributed by atoms with E-state index in [-0.39, 0.29) is 5.91 Å². The third-order valence-electron chi connectivity index (χ3n) is 3.40. The Hall–Kier alpha value is -2.14. The van der Waals surface area contributed by atoms with Crippen molar-refractivity contribution < 1.29 is 9.53 Å². The van der Waals surface area contributed by atoms with Crippen molar-refractivity contribution in [3.05, 3.63) is 42.0 Å². The topological polar surface area (TPSA) is 64.3 Å². The van der Waals surface area contributed by atoms with Gasteiger partial charge in [0.25, 0.3) is 0 Å². The zero-order valence-corrected chi connectivity index (χ0v) is 12.5. The normalized spacial score (nSPS) is 13.5. The number of aryl methyl sites for hydroxylation is 1. The van der Waals surface area contributed by atoms with Gasteiger partial charge in [0.15, 0.2) is 0 Å². The molecule has 0 unspecified atom stereocenters. The molecular weight excluding hydrogens is 284 g/mol. The van der Waals surface area contributed by atoms with E-state index >= 15 is 0 Å². The van der Waals surface area contributed by atoms with Crippen LogP contribution in [-0.4, -0.2) is 13.0 Å². The van der Waals surface area contributed by atoms with Crippen molar-refractivity contribution in [2.45, 2.75) is 22.6 Å². The number of benzene rings is 2. The Labute approximate surface area is 127 Å². The van der Waals surface area contributed by atoms with Crippen LogP contribution in [0.5, 0.6) is 5.75 Å². The zero-order chi connectivity index (χ0) is 14.8. The number of methoxy groups -OCH3 is 1. The second-order valence-electron chi connectivity index (χ2n) is 4.88. The van der Waals surface area contributed by atoms with E-state index in [4.69, 9.17) is 10.5 Å². The van der Waals surface area contributed by atoms with Gasteiger partial charge < -0.3 is 15.8 Å². The lowest BCUT2D eigenvalue weighted by atomic mass is 10.0. The van der Waals surface area contributed by atoms with Gasteiger partial charge >= 0.3 is 0 Å². The molecule has 1 aliphatic heterocycles. The Morgan fingerprint density at radius 1 is 1.24 bits per heavy atom. The van der Waals surface area contributed by atoms with E-state index in [9.17, 15) is 4.79 Å². The molecule has 108 valence electrons. The molecule has 5 heteroatoms. The summed E-state index contributed by atoms with van der Waals surface area (Å²) >= 11 is 1.60. The number of amides is 1. The lowest BCUT2D eigenvalue weighted by molar-refractivity contribution is -0.116. The van der Waals surface area contributed by atoms with E-state index in [1.165, 1.54) is 0 Å². The standard InChI is InChI=1S/C16H16N2O2S/c1-20-11-3-2-4-12(8-11)21-15-7-10-5-6-16(19)18-14(10)9-13(15)17/h2-4,7-9H,5-6,17H2,1H3,(H,18,19). The first-order chi connectivity index (χ1) is 10.2. The maximum absolute atomic E-state index is 11.4. The van der Waals surface area contributed by atoms with Gasteiger partial charge in [-0.05, 0) is 42.3 Å². The Balaban J connectivity index is 1.90. The van der Waals surface area contributed by atoms with Crippen LogP contribution in [0.1, 0.15) is 12.0 Å². The molecule has 1 amide bonds. The number of fused-ring (bicyclic) bond motifs is 1. The molecule has 2 aromatic carbocycles. The van der Waals surface area contributed by atoms with Crippen molar-refractivity contribution in [1.29, 1.82) is 0 Å². The number of carbonyl (C=O) groups excluding carboxylic acids is 1. The highest BCUT2D eigenvalue weighted by atomic mass is 32.2. The quantitative estimate of drug-likeness (QED) is 0.854. The maximum atomic E-state index is 11.4. The van der Waals surface area contributed by atoms with Crippen LogP contribution in [0.25, 0.3) is 0 Å². The van der Waals surface area contributed by atoms with Crippen molar-refractivity contribution in [2.24, 2.45) is 0 Å². The zero-order valence-electron chi connectivity index (χ0n) is 11.7. The summed E-state index contributed by atoms with van der Waals surface area (Å²) in [6.45, 7) is 0. The van der Waals surface area contributed by atoms with E-state index in [1.807, 2.05) is 30.3 Å². The molecule has 0 atom stereocenters. The average Bonchev–Trinajstić information content (AvgIpc) is 2.48. The Morgan fingerprint density at radius 2 is 2.10 bits per heavy atom. The predicted octanol–water partition coefficient (Wildman–Crippen LogP) is 3.31. The van der Waals surface area contributed by atoms with Crippen LogP contribution in [-0.2, 0) is 11.2 Å². The summed E-state index contributed by atoms with van der Waals surface area (Å²) in [6.07, 6.45) is 1.29. The van der Waals surface area contributed by atoms with Crippen LogP contribution in [0.15, 0.2) is 46.2 Å². The molecule has 0 spiro atoms. The summed E-state index contributed by atoms with van der Waals surface area (Å²) in [4.78, 5) is 13.5. The van der Waals surface area contributed by atoms with Gasteiger partial charge in [0.1, 0.15) is 5.75 Å². The lowest BCUT2D eigenvalue weighted by Gasteiger charge is -2.19. The van der Waals surface area contributed by atoms with E-state index in [1.54, 1.807) is 18.9 Å². The van der Waals surface area contributed by atoms with E-state index in [2.05, 4.69) is 11.4 Å². The van der Waals surface area contributed by atoms with Crippen LogP contribution in [0.3, 0.4) is 0 Å². The lowest BCUT2D eigenvalue weighted by Crippen LogP contribution is -2.19. The summed E-state index contributed by atoms with van der Waals surface area (Å²) in [6, 6.07) is 11.8. The SMILES string of the molecule is COc1cccc(Sc2cc3c(cc2N)NC(=O)CC3)c1. The first-order valence-corrected chi connectivity index (χ1v) is 7.51. The number of nitrogens with two attached hydrogens (primary N) is 1. The Morgan fingerprint density at radius 3 is 2.90 bits per heavy atom. The minimum Gasteiger partial charge on any atom is -0.497 e. The van der Waals surface area contributed by atoms with Crippen LogP contribution in [0, 0.1) is 0 Å². The minimum atomic E-state index is 0.0510. The predicted molar refractivity (Wildman–Crippen MR) is 84.9 cm³/mol. The first kappa shape index (κ1) is 13.8. The summed E-state index contributed by atoms with van der Waals surface area (Å²) in [5.41, 5.74) is 8.74. The average molecular weight is 300 g/mol. The van der Waals surface area contributed by atoms with Crippen LogP contribution in [0.4, 0.5) is 11.4 Å². The van der Waals surface area contributed by atoms with Gasteiger partial charge in [0.2, 0.25) is 5.91 Å². The maximum Gasteiger partial charge on any atom is 0.224 e. The molecular formula is C16H16N2O2S. The van der Waals surface area contributed by atoms with Crippen LogP contribution in [0.2, 0.25) is 0 Å². The fraction of sp³-hybridized carbons (Fsp3) is 0.188. The number of hydrogen-bond acceptors (Lipinski definition) is 4. The highest BCUT2D eigenvalue weighted by molar-refractivity contribution is 7.99. The summed E-state index contributed by atoms with van der Waals surface area (Å²) in [5, 5.41) is 2.86. The van der Waals surface area contributed by atoms with Gasteiger partial charge in [-0.2, -0.15) is 0 Å². The monoisotopic (exact) mass is 300 g/mol. The fourth-order valence-electron chi connectivity index (χ4n) is 2.30. The van der Waals surface area contributed by atoms with Gasteiger partial charge in [-0.3, -0.25) is 4.79 Å². The van der Waals surface area contributed by atoms with Gasteiger partial charge in [0.05, 0.1) is 7.11 Å². The number of anilines is 2. The third kappa shape index (κ3) is 2.97. The molecule has 0 saturated carbocycles. The second-order valence-corrected chi connectivity index (χ2v) is 5.99. The first-order valence-electron chi connectivity index (χ1n) is 6.70. The molecule has 0 radical (unpaired) electrons. The molecule has 3 rings (SSSR count). The summed E-state index contributed by atoms with van der Waals surface area (Å²) in [5.74, 6) is 0.874.